The van der Waals surface area contributed by atoms with Gasteiger partial charge in [0.15, 0.2) is 0 Å². The number of nitro groups is 1. The standard InChI is InChI=1S/C19H26ClN3O6/c1-18(2,3)29-17(25)19(11-14(21-22-19)5-4-10-20)16(24)28-12-13-6-8-15(9-7-13)23(26)27/h6-9,14,21-22H,4-5,10-12H2,1-3H3. The number of ether oxygens (including phenoxy) is 2. The molecule has 2 N–H and O–H groups in total. The molecule has 0 radical (unpaired) electrons. The van der Waals surface area contributed by atoms with Gasteiger partial charge in [0.25, 0.3) is 5.69 Å². The predicted molar refractivity (Wildman–Crippen MR) is 106 cm³/mol. The van der Waals surface area contributed by atoms with Gasteiger partial charge in [0.1, 0.15) is 12.2 Å². The summed E-state index contributed by atoms with van der Waals surface area (Å²) in [5, 5.41) is 10.7. The van der Waals surface area contributed by atoms with Crippen LogP contribution in [0.1, 0.15) is 45.6 Å². The molecule has 1 aliphatic heterocycles. The summed E-state index contributed by atoms with van der Waals surface area (Å²) in [6.45, 7) is 5.02. The molecular formula is C19H26ClN3O6. The first kappa shape index (κ1) is 23.1. The number of non-ortho nitro benzene ring substituents is 1. The highest BCUT2D eigenvalue weighted by molar-refractivity contribution is 6.17. The lowest BCUT2D eigenvalue weighted by molar-refractivity contribution is -0.384. The Bertz CT molecular complexity index is 749. The quantitative estimate of drug-likeness (QED) is 0.213. The van der Waals surface area contributed by atoms with Crippen LogP contribution in [0, 0.1) is 10.1 Å². The fourth-order valence-electron chi connectivity index (χ4n) is 2.90. The van der Waals surface area contributed by atoms with E-state index in [0.29, 0.717) is 17.9 Å². The van der Waals surface area contributed by atoms with Gasteiger partial charge in [0.2, 0.25) is 5.54 Å². The monoisotopic (exact) mass is 427 g/mol. The molecule has 1 fully saturated rings. The second-order valence-electron chi connectivity index (χ2n) is 7.91. The van der Waals surface area contributed by atoms with E-state index >= 15 is 0 Å². The lowest BCUT2D eigenvalue weighted by atomic mass is 9.92. The van der Waals surface area contributed by atoms with Crippen LogP contribution in [-0.4, -0.2) is 39.9 Å². The number of alkyl halides is 1. The highest BCUT2D eigenvalue weighted by Crippen LogP contribution is 2.27. The van der Waals surface area contributed by atoms with Gasteiger partial charge in [0, 0.05) is 30.5 Å². The molecule has 2 unspecified atom stereocenters. The van der Waals surface area contributed by atoms with Crippen LogP contribution in [0.2, 0.25) is 0 Å². The Hall–Kier alpha value is -2.23. The third-order valence-corrected chi connectivity index (χ3v) is 4.61. The zero-order valence-corrected chi connectivity index (χ0v) is 17.5. The number of hydrazine groups is 1. The smallest absolute Gasteiger partial charge is 0.339 e. The summed E-state index contributed by atoms with van der Waals surface area (Å²) >= 11 is 5.74. The fraction of sp³-hybridized carbons (Fsp3) is 0.579. The number of hydrogen-bond acceptors (Lipinski definition) is 8. The summed E-state index contributed by atoms with van der Waals surface area (Å²) in [7, 11) is 0. The third kappa shape index (κ3) is 6.12. The van der Waals surface area contributed by atoms with Crippen molar-refractivity contribution in [1.29, 1.82) is 0 Å². The number of nitrogens with one attached hydrogen (secondary N) is 2. The number of carbonyl (C=O) groups is 2. The summed E-state index contributed by atoms with van der Waals surface area (Å²) in [6, 6.07) is 5.49. The molecule has 1 aromatic carbocycles. The highest BCUT2D eigenvalue weighted by Gasteiger charge is 2.55. The van der Waals surface area contributed by atoms with E-state index in [2.05, 4.69) is 10.9 Å². The van der Waals surface area contributed by atoms with Crippen molar-refractivity contribution in [3.8, 4) is 0 Å². The molecule has 2 atom stereocenters. The van der Waals surface area contributed by atoms with Crippen molar-refractivity contribution in [2.24, 2.45) is 0 Å². The second-order valence-corrected chi connectivity index (χ2v) is 8.29. The molecule has 1 aromatic rings. The van der Waals surface area contributed by atoms with Crippen LogP contribution in [0.5, 0.6) is 0 Å². The molecule has 0 bridgehead atoms. The van der Waals surface area contributed by atoms with E-state index in [1.54, 1.807) is 20.8 Å². The van der Waals surface area contributed by atoms with Crippen LogP contribution in [0.15, 0.2) is 24.3 Å². The molecule has 1 heterocycles. The molecule has 29 heavy (non-hydrogen) atoms. The minimum absolute atomic E-state index is 0.0610. The molecular weight excluding hydrogens is 402 g/mol. The first-order chi connectivity index (χ1) is 13.6. The first-order valence-corrected chi connectivity index (χ1v) is 9.83. The molecule has 0 saturated carbocycles. The van der Waals surface area contributed by atoms with E-state index in [0.717, 1.165) is 6.42 Å². The Labute approximate surface area is 174 Å². The van der Waals surface area contributed by atoms with Crippen LogP contribution in [0.3, 0.4) is 0 Å². The summed E-state index contributed by atoms with van der Waals surface area (Å²) in [4.78, 5) is 36.0. The van der Waals surface area contributed by atoms with Gasteiger partial charge in [-0.05, 0) is 51.3 Å². The summed E-state index contributed by atoms with van der Waals surface area (Å²) in [5.74, 6) is -1.02. The van der Waals surface area contributed by atoms with Crippen molar-refractivity contribution in [1.82, 2.24) is 10.9 Å². The molecule has 1 saturated heterocycles. The minimum atomic E-state index is -1.68. The number of rotatable bonds is 8. The van der Waals surface area contributed by atoms with Crippen molar-refractivity contribution in [2.75, 3.05) is 5.88 Å². The van der Waals surface area contributed by atoms with Gasteiger partial charge < -0.3 is 9.47 Å². The Balaban J connectivity index is 2.12. The summed E-state index contributed by atoms with van der Waals surface area (Å²) in [6.07, 6.45) is 1.57. The Morgan fingerprint density at radius 1 is 1.28 bits per heavy atom. The zero-order valence-electron chi connectivity index (χ0n) is 16.7. The largest absolute Gasteiger partial charge is 0.459 e. The van der Waals surface area contributed by atoms with E-state index in [1.807, 2.05) is 0 Å². The van der Waals surface area contributed by atoms with Crippen LogP contribution >= 0.6 is 11.6 Å². The second kappa shape index (κ2) is 9.51. The molecule has 9 nitrogen and oxygen atoms in total. The third-order valence-electron chi connectivity index (χ3n) is 4.34. The lowest BCUT2D eigenvalue weighted by Crippen LogP contribution is -2.59. The van der Waals surface area contributed by atoms with Crippen LogP contribution in [0.25, 0.3) is 0 Å². The number of nitro benzene ring substituents is 1. The highest BCUT2D eigenvalue weighted by atomic mass is 35.5. The normalized spacial score (nSPS) is 21.6. The number of halogens is 1. The van der Waals surface area contributed by atoms with Crippen LogP contribution in [0.4, 0.5) is 5.69 Å². The number of esters is 2. The maximum atomic E-state index is 12.9. The topological polar surface area (TPSA) is 120 Å². The number of nitrogens with zero attached hydrogens (tertiary/aromatic N) is 1. The van der Waals surface area contributed by atoms with Gasteiger partial charge in [-0.15, -0.1) is 11.6 Å². The molecule has 0 aromatic heterocycles. The maximum absolute atomic E-state index is 12.9. The molecule has 0 spiro atoms. The molecule has 2 rings (SSSR count). The Morgan fingerprint density at radius 3 is 2.48 bits per heavy atom. The van der Waals surface area contributed by atoms with E-state index in [1.165, 1.54) is 24.3 Å². The van der Waals surface area contributed by atoms with Crippen molar-refractivity contribution < 1.29 is 24.0 Å². The molecule has 0 amide bonds. The average molecular weight is 428 g/mol. The van der Waals surface area contributed by atoms with E-state index in [-0.39, 0.29) is 24.8 Å². The van der Waals surface area contributed by atoms with E-state index < -0.39 is 28.0 Å². The Kier molecular flexibility index (Phi) is 7.56. The molecule has 160 valence electrons. The van der Waals surface area contributed by atoms with Crippen LogP contribution in [-0.2, 0) is 25.7 Å². The van der Waals surface area contributed by atoms with E-state index in [4.69, 9.17) is 21.1 Å². The SMILES string of the molecule is CC(C)(C)OC(=O)C1(C(=O)OCc2ccc([N+](=O)[O-])cc2)CC(CCCCl)NN1. The number of carbonyl (C=O) groups excluding carboxylic acids is 2. The minimum Gasteiger partial charge on any atom is -0.459 e. The number of hydrogen-bond donors (Lipinski definition) is 2. The van der Waals surface area contributed by atoms with Crippen molar-refractivity contribution >= 4 is 29.2 Å². The summed E-state index contributed by atoms with van der Waals surface area (Å²) < 4.78 is 10.8. The van der Waals surface area contributed by atoms with Crippen LogP contribution < -0.4 is 10.9 Å². The first-order valence-electron chi connectivity index (χ1n) is 9.30. The van der Waals surface area contributed by atoms with Crippen molar-refractivity contribution in [2.45, 2.75) is 63.8 Å². The zero-order chi connectivity index (χ0) is 21.7. The van der Waals surface area contributed by atoms with Gasteiger partial charge in [-0.2, -0.15) is 0 Å². The van der Waals surface area contributed by atoms with Gasteiger partial charge in [-0.25, -0.2) is 15.0 Å². The molecule has 1 aliphatic rings. The van der Waals surface area contributed by atoms with Crippen molar-refractivity contribution in [3.63, 3.8) is 0 Å². The molecule has 10 heteroatoms. The van der Waals surface area contributed by atoms with Gasteiger partial charge in [0.05, 0.1) is 4.92 Å². The average Bonchev–Trinajstić information content (AvgIpc) is 3.09. The van der Waals surface area contributed by atoms with Crippen molar-refractivity contribution in [3.05, 3.63) is 39.9 Å². The van der Waals surface area contributed by atoms with Gasteiger partial charge in [-0.1, -0.05) is 0 Å². The maximum Gasteiger partial charge on any atom is 0.339 e. The Morgan fingerprint density at radius 2 is 1.93 bits per heavy atom. The van der Waals surface area contributed by atoms with Gasteiger partial charge >= 0.3 is 11.9 Å². The summed E-state index contributed by atoms with van der Waals surface area (Å²) in [5.41, 5.74) is 3.79. The number of benzene rings is 1. The predicted octanol–water partition coefficient (Wildman–Crippen LogP) is 2.60. The van der Waals surface area contributed by atoms with Gasteiger partial charge in [-0.3, -0.25) is 15.5 Å². The van der Waals surface area contributed by atoms with E-state index in [9.17, 15) is 19.7 Å². The fourth-order valence-corrected chi connectivity index (χ4v) is 3.05. The molecule has 0 aliphatic carbocycles. The lowest BCUT2D eigenvalue weighted by Gasteiger charge is -2.29.